The molecule has 138 valence electrons. The van der Waals surface area contributed by atoms with Crippen molar-refractivity contribution < 1.29 is 9.59 Å². The van der Waals surface area contributed by atoms with Crippen LogP contribution in [-0.4, -0.2) is 42.9 Å². The minimum Gasteiger partial charge on any atom is -0.346 e. The molecular weight excluding hydrogens is 314 g/mol. The molecule has 5 nitrogen and oxygen atoms in total. The monoisotopic (exact) mass is 345 g/mol. The van der Waals surface area contributed by atoms with Crippen LogP contribution < -0.4 is 10.6 Å². The van der Waals surface area contributed by atoms with E-state index in [4.69, 9.17) is 0 Å². The smallest absolute Gasteiger partial charge is 0.243 e. The lowest BCUT2D eigenvalue weighted by Crippen LogP contribution is -2.44. The maximum atomic E-state index is 12.2. The minimum atomic E-state index is -0.201. The summed E-state index contributed by atoms with van der Waals surface area (Å²) in [6.07, 6.45) is 2.44. The van der Waals surface area contributed by atoms with Crippen LogP contribution >= 0.6 is 0 Å². The molecule has 0 aliphatic heterocycles. The van der Waals surface area contributed by atoms with Crippen molar-refractivity contribution in [3.05, 3.63) is 28.8 Å². The van der Waals surface area contributed by atoms with E-state index in [2.05, 4.69) is 29.4 Å². The summed E-state index contributed by atoms with van der Waals surface area (Å²) in [5.74, 6) is -0.320. The third kappa shape index (κ3) is 5.05. The molecule has 0 heterocycles. The molecule has 5 heteroatoms. The molecule has 1 aliphatic carbocycles. The Balaban J connectivity index is 1.81. The Labute approximate surface area is 151 Å². The van der Waals surface area contributed by atoms with Crippen LogP contribution in [-0.2, 0) is 9.59 Å². The van der Waals surface area contributed by atoms with Gasteiger partial charge in [0.2, 0.25) is 11.8 Å². The molecule has 0 saturated heterocycles. The van der Waals surface area contributed by atoms with Gasteiger partial charge in [-0.15, -0.1) is 0 Å². The molecule has 1 aromatic carbocycles. The van der Waals surface area contributed by atoms with Gasteiger partial charge in [-0.25, -0.2) is 0 Å². The van der Waals surface area contributed by atoms with Gasteiger partial charge in [0.15, 0.2) is 0 Å². The third-order valence-electron chi connectivity index (χ3n) is 5.49. The molecule has 2 rings (SSSR count). The van der Waals surface area contributed by atoms with E-state index in [1.54, 1.807) is 0 Å². The fourth-order valence-electron chi connectivity index (χ4n) is 3.31. The largest absolute Gasteiger partial charge is 0.346 e. The number of anilines is 1. The summed E-state index contributed by atoms with van der Waals surface area (Å²) in [5, 5.41) is 5.62. The standard InChI is InChI=1S/C20H31N3O2/c1-13-9-14(2)19(15(3)10-13)22-17(24)11-21-18(25)12-23(6)16(4)20(5)7-8-20/h9-10,16H,7-8,11-12H2,1-6H3,(H,21,25)(H,22,24)/t16-/m0/s1. The van der Waals surface area contributed by atoms with Crippen LogP contribution in [0.1, 0.15) is 43.4 Å². The molecular formula is C20H31N3O2. The van der Waals surface area contributed by atoms with Crippen LogP contribution in [0.25, 0.3) is 0 Å². The molecule has 1 aromatic rings. The number of likely N-dealkylation sites (N-methyl/N-ethyl adjacent to an activating group) is 1. The molecule has 2 amide bonds. The minimum absolute atomic E-state index is 0.00885. The van der Waals surface area contributed by atoms with Crippen molar-refractivity contribution >= 4 is 17.5 Å². The molecule has 0 aromatic heterocycles. The maximum absolute atomic E-state index is 12.2. The number of nitrogens with zero attached hydrogens (tertiary/aromatic N) is 1. The van der Waals surface area contributed by atoms with E-state index in [1.165, 1.54) is 18.4 Å². The lowest BCUT2D eigenvalue weighted by atomic mass is 10.00. The molecule has 1 atom stereocenters. The van der Waals surface area contributed by atoms with E-state index >= 15 is 0 Å². The normalized spacial score (nSPS) is 16.4. The van der Waals surface area contributed by atoms with Gasteiger partial charge >= 0.3 is 0 Å². The average molecular weight is 345 g/mol. The van der Waals surface area contributed by atoms with Crippen molar-refractivity contribution in [2.24, 2.45) is 5.41 Å². The van der Waals surface area contributed by atoms with E-state index in [1.807, 2.05) is 40.0 Å². The number of carbonyl (C=O) groups is 2. The summed E-state index contributed by atoms with van der Waals surface area (Å²) in [4.78, 5) is 26.3. The Kier molecular flexibility index (Phi) is 5.88. The maximum Gasteiger partial charge on any atom is 0.243 e. The first kappa shape index (κ1) is 19.4. The van der Waals surface area contributed by atoms with Crippen LogP contribution in [0.5, 0.6) is 0 Å². The number of hydrogen-bond acceptors (Lipinski definition) is 3. The highest BCUT2D eigenvalue weighted by Crippen LogP contribution is 2.49. The van der Waals surface area contributed by atoms with Gasteiger partial charge < -0.3 is 10.6 Å². The fraction of sp³-hybridized carbons (Fsp3) is 0.600. The zero-order chi connectivity index (χ0) is 18.8. The van der Waals surface area contributed by atoms with E-state index < -0.39 is 0 Å². The highest BCUT2D eigenvalue weighted by molar-refractivity contribution is 5.96. The van der Waals surface area contributed by atoms with Gasteiger partial charge in [0.05, 0.1) is 13.1 Å². The highest BCUT2D eigenvalue weighted by Gasteiger charge is 2.44. The number of nitrogens with one attached hydrogen (secondary N) is 2. The van der Waals surface area contributed by atoms with Crippen LogP contribution in [0.15, 0.2) is 12.1 Å². The van der Waals surface area contributed by atoms with Crippen LogP contribution in [0.2, 0.25) is 0 Å². The summed E-state index contributed by atoms with van der Waals surface area (Å²) in [6, 6.07) is 4.44. The summed E-state index contributed by atoms with van der Waals surface area (Å²) >= 11 is 0. The molecule has 0 spiro atoms. The van der Waals surface area contributed by atoms with E-state index in [0.29, 0.717) is 18.0 Å². The van der Waals surface area contributed by atoms with Crippen molar-refractivity contribution in [1.29, 1.82) is 0 Å². The first-order valence-corrected chi connectivity index (χ1v) is 8.97. The Morgan fingerprint density at radius 3 is 2.24 bits per heavy atom. The van der Waals surface area contributed by atoms with Gasteiger partial charge in [-0.1, -0.05) is 24.6 Å². The van der Waals surface area contributed by atoms with Crippen molar-refractivity contribution in [3.63, 3.8) is 0 Å². The second-order valence-electron chi connectivity index (χ2n) is 7.84. The van der Waals surface area contributed by atoms with Crippen molar-refractivity contribution in [2.45, 2.75) is 53.5 Å². The van der Waals surface area contributed by atoms with Crippen LogP contribution in [0, 0.1) is 26.2 Å². The molecule has 1 aliphatic rings. The summed E-state index contributed by atoms with van der Waals surface area (Å²) < 4.78 is 0. The van der Waals surface area contributed by atoms with E-state index in [9.17, 15) is 9.59 Å². The zero-order valence-electron chi connectivity index (χ0n) is 16.3. The second-order valence-corrected chi connectivity index (χ2v) is 7.84. The Morgan fingerprint density at radius 1 is 1.16 bits per heavy atom. The molecule has 0 radical (unpaired) electrons. The zero-order valence-corrected chi connectivity index (χ0v) is 16.3. The van der Waals surface area contributed by atoms with Crippen molar-refractivity contribution in [2.75, 3.05) is 25.5 Å². The van der Waals surface area contributed by atoms with Crippen molar-refractivity contribution in [1.82, 2.24) is 10.2 Å². The third-order valence-corrected chi connectivity index (χ3v) is 5.49. The SMILES string of the molecule is Cc1cc(C)c(NC(=O)CNC(=O)CN(C)[C@@H](C)C2(C)CC2)c(C)c1. The molecule has 1 fully saturated rings. The van der Waals surface area contributed by atoms with Gasteiger partial charge in [-0.2, -0.15) is 0 Å². The summed E-state index contributed by atoms with van der Waals surface area (Å²) in [7, 11) is 1.97. The van der Waals surface area contributed by atoms with Gasteiger partial charge in [0.1, 0.15) is 0 Å². The molecule has 25 heavy (non-hydrogen) atoms. The predicted octanol–water partition coefficient (Wildman–Crippen LogP) is 2.79. The van der Waals surface area contributed by atoms with Gasteiger partial charge in [0, 0.05) is 11.7 Å². The second kappa shape index (κ2) is 7.56. The molecule has 0 unspecified atom stereocenters. The van der Waals surface area contributed by atoms with Gasteiger partial charge in [0.25, 0.3) is 0 Å². The topological polar surface area (TPSA) is 61.4 Å². The van der Waals surface area contributed by atoms with Crippen molar-refractivity contribution in [3.8, 4) is 0 Å². The molecule has 1 saturated carbocycles. The highest BCUT2D eigenvalue weighted by atomic mass is 16.2. The first-order valence-electron chi connectivity index (χ1n) is 8.97. The lowest BCUT2D eigenvalue weighted by molar-refractivity contribution is -0.125. The number of hydrogen-bond donors (Lipinski definition) is 2. The van der Waals surface area contributed by atoms with Gasteiger partial charge in [-0.3, -0.25) is 14.5 Å². The van der Waals surface area contributed by atoms with E-state index in [0.717, 1.165) is 16.8 Å². The Morgan fingerprint density at radius 2 is 1.72 bits per heavy atom. The predicted molar refractivity (Wildman–Crippen MR) is 102 cm³/mol. The Bertz CT molecular complexity index is 642. The van der Waals surface area contributed by atoms with E-state index in [-0.39, 0.29) is 18.4 Å². The van der Waals surface area contributed by atoms with Crippen LogP contribution in [0.3, 0.4) is 0 Å². The first-order chi connectivity index (χ1) is 11.6. The average Bonchev–Trinajstić information content (AvgIpc) is 3.27. The summed E-state index contributed by atoms with van der Waals surface area (Å²) in [5.41, 5.74) is 4.40. The Hall–Kier alpha value is -1.88. The van der Waals surface area contributed by atoms with Crippen LogP contribution in [0.4, 0.5) is 5.69 Å². The number of amides is 2. The number of aryl methyl sites for hydroxylation is 3. The molecule has 0 bridgehead atoms. The fourth-order valence-corrected chi connectivity index (χ4v) is 3.31. The lowest BCUT2D eigenvalue weighted by Gasteiger charge is -2.29. The molecule has 2 N–H and O–H groups in total. The summed E-state index contributed by atoms with van der Waals surface area (Å²) in [6.45, 7) is 10.7. The quantitative estimate of drug-likeness (QED) is 0.799. The number of rotatable bonds is 7. The van der Waals surface area contributed by atoms with Gasteiger partial charge in [-0.05, 0) is 64.1 Å². The number of benzene rings is 1. The number of carbonyl (C=O) groups excluding carboxylic acids is 2.